The molecular formula is C15H21N3O2. The van der Waals surface area contributed by atoms with Gasteiger partial charge in [0.05, 0.1) is 19.2 Å². The Morgan fingerprint density at radius 2 is 2.10 bits per heavy atom. The van der Waals surface area contributed by atoms with E-state index < -0.39 is 6.09 Å². The number of ether oxygens (including phenoxy) is 1. The number of rotatable bonds is 3. The lowest BCUT2D eigenvalue weighted by Gasteiger charge is -2.26. The summed E-state index contributed by atoms with van der Waals surface area (Å²) in [6.45, 7) is 7.69. The van der Waals surface area contributed by atoms with Crippen LogP contribution in [0.5, 0.6) is 0 Å². The van der Waals surface area contributed by atoms with E-state index in [-0.39, 0.29) is 6.04 Å². The molecule has 1 amide bonds. The summed E-state index contributed by atoms with van der Waals surface area (Å²) in [7, 11) is 0. The topological polar surface area (TPSA) is 53.9 Å². The van der Waals surface area contributed by atoms with Crippen molar-refractivity contribution in [3.8, 4) is 0 Å². The summed E-state index contributed by atoms with van der Waals surface area (Å²) in [5, 5.41) is 2.71. The quantitative estimate of drug-likeness (QED) is 0.922. The van der Waals surface area contributed by atoms with Crippen molar-refractivity contribution in [3.63, 3.8) is 0 Å². The van der Waals surface area contributed by atoms with Crippen LogP contribution in [0.15, 0.2) is 29.3 Å². The summed E-state index contributed by atoms with van der Waals surface area (Å²) in [5.74, 6) is 0.594. The Balaban J connectivity index is 2.08. The molecule has 2 rings (SSSR count). The van der Waals surface area contributed by atoms with Crippen LogP contribution in [0.25, 0.3) is 0 Å². The van der Waals surface area contributed by atoms with Gasteiger partial charge in [0.15, 0.2) is 0 Å². The number of hydrogen-bond donors (Lipinski definition) is 1. The van der Waals surface area contributed by atoms with Crippen molar-refractivity contribution >= 4 is 12.1 Å². The van der Waals surface area contributed by atoms with E-state index in [2.05, 4.69) is 53.3 Å². The fraction of sp³-hybridized carbons (Fsp3) is 0.467. The fourth-order valence-electron chi connectivity index (χ4n) is 2.32. The summed E-state index contributed by atoms with van der Waals surface area (Å²) < 4.78 is 4.90. The molecule has 108 valence electrons. The fourth-order valence-corrected chi connectivity index (χ4v) is 2.32. The first-order valence-electron chi connectivity index (χ1n) is 6.97. The summed E-state index contributed by atoms with van der Waals surface area (Å²) in [5.41, 5.74) is 2.45. The van der Waals surface area contributed by atoms with Crippen LogP contribution >= 0.6 is 0 Å². The Kier molecular flexibility index (Phi) is 4.61. The van der Waals surface area contributed by atoms with Gasteiger partial charge in [0.1, 0.15) is 0 Å². The smallest absolute Gasteiger partial charge is 0.413 e. The maximum Gasteiger partial charge on any atom is 0.413 e. The highest BCUT2D eigenvalue weighted by molar-refractivity contribution is 5.95. The Hall–Kier alpha value is -2.04. The second-order valence-electron chi connectivity index (χ2n) is 4.72. The van der Waals surface area contributed by atoms with Crippen molar-refractivity contribution in [2.24, 2.45) is 4.99 Å². The molecule has 1 unspecified atom stereocenters. The third kappa shape index (κ3) is 3.10. The Morgan fingerprint density at radius 1 is 1.40 bits per heavy atom. The third-order valence-corrected chi connectivity index (χ3v) is 3.35. The van der Waals surface area contributed by atoms with Gasteiger partial charge in [0, 0.05) is 6.54 Å². The average molecular weight is 275 g/mol. The predicted octanol–water partition coefficient (Wildman–Crippen LogP) is 2.47. The van der Waals surface area contributed by atoms with Gasteiger partial charge in [-0.05, 0) is 26.3 Å². The van der Waals surface area contributed by atoms with Gasteiger partial charge >= 0.3 is 6.09 Å². The van der Waals surface area contributed by atoms with Gasteiger partial charge < -0.3 is 9.64 Å². The highest BCUT2D eigenvalue weighted by atomic mass is 16.5. The predicted molar refractivity (Wildman–Crippen MR) is 78.8 cm³/mol. The Labute approximate surface area is 119 Å². The van der Waals surface area contributed by atoms with Crippen LogP contribution in [0.4, 0.5) is 4.79 Å². The lowest BCUT2D eigenvalue weighted by molar-refractivity contribution is 0.156. The minimum Gasteiger partial charge on any atom is -0.450 e. The van der Waals surface area contributed by atoms with Gasteiger partial charge in [0.25, 0.3) is 0 Å². The van der Waals surface area contributed by atoms with Gasteiger partial charge in [-0.15, -0.1) is 0 Å². The number of alkyl carbamates (subject to hydrolysis) is 1. The summed E-state index contributed by atoms with van der Waals surface area (Å²) >= 11 is 0. The molecule has 1 aromatic carbocycles. The molecule has 1 aliphatic heterocycles. The minimum absolute atomic E-state index is 0.178. The van der Waals surface area contributed by atoms with Crippen molar-refractivity contribution in [2.45, 2.75) is 26.8 Å². The van der Waals surface area contributed by atoms with Gasteiger partial charge in [-0.25, -0.2) is 4.79 Å². The van der Waals surface area contributed by atoms with Crippen LogP contribution < -0.4 is 5.32 Å². The molecule has 1 atom stereocenters. The number of likely N-dealkylation sites (N-methyl/N-ethyl adjacent to an activating group) is 1. The molecule has 5 heteroatoms. The van der Waals surface area contributed by atoms with Crippen LogP contribution in [0, 0.1) is 6.92 Å². The van der Waals surface area contributed by atoms with E-state index in [1.54, 1.807) is 6.92 Å². The number of carbonyl (C=O) groups is 1. The van der Waals surface area contributed by atoms with E-state index >= 15 is 0 Å². The monoisotopic (exact) mass is 275 g/mol. The molecule has 0 spiro atoms. The third-order valence-electron chi connectivity index (χ3n) is 3.35. The molecular weight excluding hydrogens is 254 g/mol. The molecule has 0 bridgehead atoms. The van der Waals surface area contributed by atoms with Crippen LogP contribution in [0.3, 0.4) is 0 Å². The van der Waals surface area contributed by atoms with Gasteiger partial charge in [0.2, 0.25) is 5.96 Å². The molecule has 20 heavy (non-hydrogen) atoms. The number of nitrogens with zero attached hydrogens (tertiary/aromatic N) is 2. The molecule has 1 aliphatic rings. The van der Waals surface area contributed by atoms with Crippen molar-refractivity contribution in [2.75, 3.05) is 19.7 Å². The second kappa shape index (κ2) is 6.41. The standard InChI is InChI=1S/C15H21N3O2/c1-4-18-13(12-8-6-11(3)7-9-12)10-16-14(18)17-15(19)20-5-2/h6-9,13H,4-5,10H2,1-3H3,(H,16,17,19). The number of guanidine groups is 1. The van der Waals surface area contributed by atoms with Crippen molar-refractivity contribution < 1.29 is 9.53 Å². The normalized spacial score (nSPS) is 17.9. The Morgan fingerprint density at radius 3 is 2.70 bits per heavy atom. The molecule has 0 fully saturated rings. The first-order chi connectivity index (χ1) is 9.65. The van der Waals surface area contributed by atoms with E-state index in [4.69, 9.17) is 4.74 Å². The molecule has 0 radical (unpaired) electrons. The Bertz CT molecular complexity index is 496. The highest BCUT2D eigenvalue weighted by Crippen LogP contribution is 2.25. The maximum absolute atomic E-state index is 11.5. The van der Waals surface area contributed by atoms with Gasteiger partial charge in [-0.1, -0.05) is 29.8 Å². The lowest BCUT2D eigenvalue weighted by Crippen LogP contribution is -2.42. The second-order valence-corrected chi connectivity index (χ2v) is 4.72. The number of benzene rings is 1. The first-order valence-corrected chi connectivity index (χ1v) is 6.97. The summed E-state index contributed by atoms with van der Waals surface area (Å²) in [6.07, 6.45) is -0.450. The minimum atomic E-state index is -0.450. The van der Waals surface area contributed by atoms with Crippen LogP contribution in [0.1, 0.15) is 31.0 Å². The number of carbonyl (C=O) groups excluding carboxylic acids is 1. The van der Waals surface area contributed by atoms with Gasteiger partial charge in [-0.2, -0.15) is 0 Å². The molecule has 0 aromatic heterocycles. The summed E-state index contributed by atoms with van der Waals surface area (Å²) in [6, 6.07) is 8.61. The number of hydrogen-bond acceptors (Lipinski definition) is 4. The highest BCUT2D eigenvalue weighted by Gasteiger charge is 2.28. The number of amides is 1. The zero-order valence-corrected chi connectivity index (χ0v) is 12.2. The van der Waals surface area contributed by atoms with E-state index in [0.717, 1.165) is 6.54 Å². The molecule has 0 aliphatic carbocycles. The number of aliphatic imine (C=N–C) groups is 1. The molecule has 1 aromatic rings. The SMILES string of the molecule is CCOC(=O)NC1=NCC(c2ccc(C)cc2)N1CC. The molecule has 0 saturated carbocycles. The zero-order chi connectivity index (χ0) is 14.5. The molecule has 1 N–H and O–H groups in total. The van der Waals surface area contributed by atoms with Crippen LogP contribution in [-0.2, 0) is 4.74 Å². The number of nitrogens with one attached hydrogen (secondary N) is 1. The maximum atomic E-state index is 11.5. The summed E-state index contributed by atoms with van der Waals surface area (Å²) in [4.78, 5) is 18.0. The van der Waals surface area contributed by atoms with Crippen LogP contribution in [-0.4, -0.2) is 36.6 Å². The van der Waals surface area contributed by atoms with Crippen molar-refractivity contribution in [1.29, 1.82) is 0 Å². The molecule has 5 nitrogen and oxygen atoms in total. The van der Waals surface area contributed by atoms with Crippen molar-refractivity contribution in [3.05, 3.63) is 35.4 Å². The average Bonchev–Trinajstić information content (AvgIpc) is 2.82. The lowest BCUT2D eigenvalue weighted by atomic mass is 10.0. The molecule has 0 saturated heterocycles. The zero-order valence-electron chi connectivity index (χ0n) is 12.2. The van der Waals surface area contributed by atoms with E-state index in [0.29, 0.717) is 19.1 Å². The largest absolute Gasteiger partial charge is 0.450 e. The van der Waals surface area contributed by atoms with Crippen LogP contribution in [0.2, 0.25) is 0 Å². The first kappa shape index (κ1) is 14.4. The van der Waals surface area contributed by atoms with E-state index in [1.165, 1.54) is 11.1 Å². The van der Waals surface area contributed by atoms with E-state index in [9.17, 15) is 4.79 Å². The van der Waals surface area contributed by atoms with E-state index in [1.807, 2.05) is 0 Å². The van der Waals surface area contributed by atoms with Gasteiger partial charge in [-0.3, -0.25) is 10.3 Å². The van der Waals surface area contributed by atoms with Crippen molar-refractivity contribution in [1.82, 2.24) is 10.2 Å². The molecule has 1 heterocycles. The number of aryl methyl sites for hydroxylation is 1.